The fourth-order valence-corrected chi connectivity index (χ4v) is 3.91. The summed E-state index contributed by atoms with van der Waals surface area (Å²) in [5.74, 6) is 0.260. The third-order valence-corrected chi connectivity index (χ3v) is 5.52. The highest BCUT2D eigenvalue weighted by atomic mass is 32.2. The van der Waals surface area contributed by atoms with Gasteiger partial charge >= 0.3 is 0 Å². The lowest BCUT2D eigenvalue weighted by Gasteiger charge is -2.20. The lowest BCUT2D eigenvalue weighted by Crippen LogP contribution is -2.24. The highest BCUT2D eigenvalue weighted by Crippen LogP contribution is 2.24. The summed E-state index contributed by atoms with van der Waals surface area (Å²) in [5.41, 5.74) is 3.33. The van der Waals surface area contributed by atoms with Crippen LogP contribution >= 0.6 is 12.1 Å². The standard InChI is InChI=1S/C24H27FN6OS/c1-6-20(21-16-28-31(22(21)7-2)19-11-9-18(25)10-12-19)24(32)27-15-17-8-13-23(26-14-17)30(5)33-29(3)4/h6-14,16H,2,15H2,1,3-5H3,(H,27,32)/b20-6+. The Labute approximate surface area is 197 Å². The van der Waals surface area contributed by atoms with Crippen LogP contribution in [0.5, 0.6) is 0 Å². The molecule has 7 nitrogen and oxygen atoms in total. The van der Waals surface area contributed by atoms with E-state index in [4.69, 9.17) is 0 Å². The molecule has 2 heterocycles. The predicted molar refractivity (Wildman–Crippen MR) is 133 cm³/mol. The first-order chi connectivity index (χ1) is 15.8. The Morgan fingerprint density at radius 1 is 1.18 bits per heavy atom. The van der Waals surface area contributed by atoms with Crippen molar-refractivity contribution in [3.05, 3.63) is 84.1 Å². The molecule has 0 saturated carbocycles. The molecule has 0 fully saturated rings. The van der Waals surface area contributed by atoms with E-state index >= 15 is 0 Å². The number of hydrogen-bond donors (Lipinski definition) is 1. The third kappa shape index (κ3) is 5.88. The Hall–Kier alpha value is -3.43. The molecule has 0 aliphatic rings. The third-order valence-electron chi connectivity index (χ3n) is 4.77. The number of benzene rings is 1. The highest BCUT2D eigenvalue weighted by Gasteiger charge is 2.18. The zero-order valence-electron chi connectivity index (χ0n) is 19.1. The quantitative estimate of drug-likeness (QED) is 0.374. The summed E-state index contributed by atoms with van der Waals surface area (Å²) in [6.45, 7) is 6.00. The predicted octanol–water partition coefficient (Wildman–Crippen LogP) is 4.33. The van der Waals surface area contributed by atoms with Gasteiger partial charge in [-0.05, 0) is 63.0 Å². The molecule has 0 radical (unpaired) electrons. The second-order valence-corrected chi connectivity index (χ2v) is 8.78. The minimum atomic E-state index is -0.328. The van der Waals surface area contributed by atoms with Crippen molar-refractivity contribution in [2.24, 2.45) is 0 Å². The van der Waals surface area contributed by atoms with Crippen molar-refractivity contribution in [3.63, 3.8) is 0 Å². The summed E-state index contributed by atoms with van der Waals surface area (Å²) >= 11 is 1.53. The number of hydrogen-bond acceptors (Lipinski definition) is 6. The SMILES string of the molecule is C=Cc1c(/C(=C\C)C(=O)NCc2ccc(N(C)SN(C)C)nc2)cnn1-c1ccc(F)cc1. The molecule has 1 amide bonds. The Morgan fingerprint density at radius 2 is 1.91 bits per heavy atom. The van der Waals surface area contributed by atoms with Crippen LogP contribution < -0.4 is 9.62 Å². The zero-order valence-corrected chi connectivity index (χ0v) is 19.9. The highest BCUT2D eigenvalue weighted by molar-refractivity contribution is 7.98. The van der Waals surface area contributed by atoms with Gasteiger partial charge in [-0.3, -0.25) is 9.10 Å². The van der Waals surface area contributed by atoms with Gasteiger partial charge in [0.1, 0.15) is 11.6 Å². The van der Waals surface area contributed by atoms with Crippen LogP contribution in [0.4, 0.5) is 10.2 Å². The minimum Gasteiger partial charge on any atom is -0.348 e. The van der Waals surface area contributed by atoms with Gasteiger partial charge in [-0.15, -0.1) is 0 Å². The van der Waals surface area contributed by atoms with E-state index < -0.39 is 0 Å². The smallest absolute Gasteiger partial charge is 0.251 e. The van der Waals surface area contributed by atoms with Crippen molar-refractivity contribution >= 4 is 35.5 Å². The van der Waals surface area contributed by atoms with Crippen LogP contribution in [0.2, 0.25) is 0 Å². The molecule has 33 heavy (non-hydrogen) atoms. The summed E-state index contributed by atoms with van der Waals surface area (Å²) in [5, 5.41) is 7.33. The molecule has 0 aliphatic heterocycles. The number of allylic oxidation sites excluding steroid dienone is 1. The maximum atomic E-state index is 13.3. The molecular formula is C24H27FN6OS. The molecule has 1 aromatic carbocycles. The van der Waals surface area contributed by atoms with E-state index in [0.29, 0.717) is 29.1 Å². The minimum absolute atomic E-state index is 0.233. The van der Waals surface area contributed by atoms with Crippen molar-refractivity contribution < 1.29 is 9.18 Å². The van der Waals surface area contributed by atoms with Gasteiger partial charge in [-0.2, -0.15) is 5.10 Å². The molecule has 172 valence electrons. The van der Waals surface area contributed by atoms with Gasteiger partial charge in [-0.1, -0.05) is 18.7 Å². The fraction of sp³-hybridized carbons (Fsp3) is 0.208. The number of rotatable bonds is 9. The lowest BCUT2D eigenvalue weighted by atomic mass is 10.1. The van der Waals surface area contributed by atoms with Crippen LogP contribution in [-0.2, 0) is 11.3 Å². The number of carbonyl (C=O) groups excluding carboxylic acids is 1. The molecule has 0 atom stereocenters. The molecule has 0 unspecified atom stereocenters. The summed E-state index contributed by atoms with van der Waals surface area (Å²) in [6.07, 6.45) is 6.74. The molecule has 9 heteroatoms. The molecule has 3 rings (SSSR count). The summed E-state index contributed by atoms with van der Waals surface area (Å²) in [4.78, 5) is 17.4. The van der Waals surface area contributed by atoms with Gasteiger partial charge in [0.15, 0.2) is 0 Å². The molecule has 1 N–H and O–H groups in total. The maximum absolute atomic E-state index is 13.3. The van der Waals surface area contributed by atoms with Gasteiger partial charge in [0, 0.05) is 43.1 Å². The van der Waals surface area contributed by atoms with E-state index in [0.717, 1.165) is 11.4 Å². The Bertz CT molecular complexity index is 1140. The van der Waals surface area contributed by atoms with Crippen LogP contribution in [0.15, 0.2) is 61.4 Å². The number of nitrogens with one attached hydrogen (secondary N) is 1. The van der Waals surface area contributed by atoms with Crippen molar-refractivity contribution in [1.29, 1.82) is 0 Å². The van der Waals surface area contributed by atoms with Gasteiger partial charge in [0.2, 0.25) is 0 Å². The van der Waals surface area contributed by atoms with Crippen LogP contribution in [0.25, 0.3) is 17.3 Å². The second kappa shape index (κ2) is 10.9. The van der Waals surface area contributed by atoms with Crippen molar-refractivity contribution in [2.75, 3.05) is 25.4 Å². The molecular weight excluding hydrogens is 439 g/mol. The van der Waals surface area contributed by atoms with Crippen molar-refractivity contribution in [1.82, 2.24) is 24.4 Å². The normalized spacial score (nSPS) is 11.5. The summed E-state index contributed by atoms with van der Waals surface area (Å²) in [7, 11) is 5.87. The summed E-state index contributed by atoms with van der Waals surface area (Å²) in [6, 6.07) is 9.83. The van der Waals surface area contributed by atoms with Crippen LogP contribution in [0, 0.1) is 5.82 Å². The fourth-order valence-electron chi connectivity index (χ4n) is 3.23. The first kappa shape index (κ1) is 24.2. The van der Waals surface area contributed by atoms with E-state index in [9.17, 15) is 9.18 Å². The van der Waals surface area contributed by atoms with E-state index in [1.165, 1.54) is 24.3 Å². The number of pyridine rings is 1. The Morgan fingerprint density at radius 3 is 2.48 bits per heavy atom. The van der Waals surface area contributed by atoms with Crippen LogP contribution in [-0.4, -0.2) is 46.1 Å². The van der Waals surface area contributed by atoms with Crippen LogP contribution in [0.3, 0.4) is 0 Å². The Kier molecular flexibility index (Phi) is 8.02. The average Bonchev–Trinajstić information content (AvgIpc) is 3.22. The zero-order chi connectivity index (χ0) is 24.0. The number of anilines is 1. The number of carbonyl (C=O) groups is 1. The molecule has 0 spiro atoms. The second-order valence-electron chi connectivity index (χ2n) is 7.34. The van der Waals surface area contributed by atoms with E-state index in [1.54, 1.807) is 48.3 Å². The number of halogens is 1. The molecule has 0 aliphatic carbocycles. The first-order valence-electron chi connectivity index (χ1n) is 10.3. The van der Waals surface area contributed by atoms with Gasteiger partial charge < -0.3 is 5.32 Å². The van der Waals surface area contributed by atoms with Crippen LogP contribution in [0.1, 0.15) is 23.7 Å². The maximum Gasteiger partial charge on any atom is 0.251 e. The van der Waals surface area contributed by atoms with E-state index in [-0.39, 0.29) is 11.7 Å². The van der Waals surface area contributed by atoms with Gasteiger partial charge in [0.25, 0.3) is 5.91 Å². The van der Waals surface area contributed by atoms with Gasteiger partial charge in [-0.25, -0.2) is 18.4 Å². The first-order valence-corrected chi connectivity index (χ1v) is 11.0. The Balaban J connectivity index is 1.72. The number of nitrogens with zero attached hydrogens (tertiary/aromatic N) is 5. The van der Waals surface area contributed by atoms with Crippen molar-refractivity contribution in [2.45, 2.75) is 13.5 Å². The van der Waals surface area contributed by atoms with Gasteiger partial charge in [0.05, 0.1) is 17.6 Å². The van der Waals surface area contributed by atoms with E-state index in [1.807, 2.05) is 41.9 Å². The summed E-state index contributed by atoms with van der Waals surface area (Å²) < 4.78 is 18.9. The molecule has 3 aromatic rings. The molecule has 0 saturated heterocycles. The topological polar surface area (TPSA) is 66.3 Å². The average molecular weight is 467 g/mol. The number of amides is 1. The van der Waals surface area contributed by atoms with Crippen molar-refractivity contribution in [3.8, 4) is 5.69 Å². The molecule has 2 aromatic heterocycles. The largest absolute Gasteiger partial charge is 0.348 e. The number of aromatic nitrogens is 3. The molecule has 0 bridgehead atoms. The van der Waals surface area contributed by atoms with E-state index in [2.05, 4.69) is 22.0 Å². The monoisotopic (exact) mass is 466 g/mol. The lowest BCUT2D eigenvalue weighted by molar-refractivity contribution is -0.115.